The molecule has 1 fully saturated rings. The Kier molecular flexibility index (Phi) is 4.71. The molecule has 3 rings (SSSR count). The van der Waals surface area contributed by atoms with Crippen molar-refractivity contribution in [1.82, 2.24) is 20.4 Å². The highest BCUT2D eigenvalue weighted by Crippen LogP contribution is 2.29. The molecule has 2 N–H and O–H groups in total. The molecule has 1 aliphatic heterocycles. The minimum absolute atomic E-state index is 0.00699. The van der Waals surface area contributed by atoms with Gasteiger partial charge in [0.15, 0.2) is 0 Å². The fourth-order valence-corrected chi connectivity index (χ4v) is 3.58. The van der Waals surface area contributed by atoms with Gasteiger partial charge in [0.25, 0.3) is 0 Å². The molecular formula is C19H26N4O. The molecule has 0 bridgehead atoms. The van der Waals surface area contributed by atoms with Crippen LogP contribution in [-0.2, 0) is 11.8 Å². The molecule has 2 heterocycles. The molecule has 0 aliphatic carbocycles. The highest BCUT2D eigenvalue weighted by molar-refractivity contribution is 5.81. The number of benzene rings is 1. The number of aromatic nitrogens is 2. The van der Waals surface area contributed by atoms with Gasteiger partial charge in [-0.25, -0.2) is 0 Å². The Hall–Kier alpha value is -2.14. The largest absolute Gasteiger partial charge is 0.349 e. The van der Waals surface area contributed by atoms with Crippen LogP contribution in [0.3, 0.4) is 0 Å². The van der Waals surface area contributed by atoms with E-state index in [1.165, 1.54) is 16.7 Å². The summed E-state index contributed by atoms with van der Waals surface area (Å²) in [6.07, 6.45) is 3.87. The molecule has 5 nitrogen and oxygen atoms in total. The Morgan fingerprint density at radius 3 is 2.88 bits per heavy atom. The summed E-state index contributed by atoms with van der Waals surface area (Å²) in [5.74, 6) is 0.244. The number of rotatable bonds is 4. The Balaban J connectivity index is 1.73. The smallest absolute Gasteiger partial charge is 0.225 e. The number of hydrogen-bond acceptors (Lipinski definition) is 3. The lowest BCUT2D eigenvalue weighted by molar-refractivity contribution is -0.125. The molecule has 0 radical (unpaired) electrons. The van der Waals surface area contributed by atoms with Crippen LogP contribution in [-0.4, -0.2) is 28.8 Å². The zero-order chi connectivity index (χ0) is 17.3. The molecule has 0 spiro atoms. The Bertz CT molecular complexity index is 737. The minimum atomic E-state index is -0.0539. The molecule has 1 unspecified atom stereocenters. The topological polar surface area (TPSA) is 59.0 Å². The highest BCUT2D eigenvalue weighted by Gasteiger charge is 2.35. The monoisotopic (exact) mass is 326 g/mol. The number of amides is 1. The second kappa shape index (κ2) is 6.77. The summed E-state index contributed by atoms with van der Waals surface area (Å²) in [5, 5.41) is 10.8. The molecule has 1 aromatic heterocycles. The third-order valence-electron chi connectivity index (χ3n) is 5.18. The fourth-order valence-electron chi connectivity index (χ4n) is 3.58. The van der Waals surface area contributed by atoms with E-state index in [4.69, 9.17) is 0 Å². The summed E-state index contributed by atoms with van der Waals surface area (Å²) >= 11 is 0. The molecule has 5 heteroatoms. The van der Waals surface area contributed by atoms with Crippen LogP contribution >= 0.6 is 0 Å². The number of carbonyl (C=O) groups excluding carboxylic acids is 1. The maximum Gasteiger partial charge on any atom is 0.225 e. The van der Waals surface area contributed by atoms with Crippen molar-refractivity contribution in [1.29, 1.82) is 0 Å². The molecule has 1 saturated heterocycles. The second-order valence-corrected chi connectivity index (χ2v) is 6.84. The van der Waals surface area contributed by atoms with Gasteiger partial charge in [-0.3, -0.25) is 9.48 Å². The molecule has 1 aromatic carbocycles. The van der Waals surface area contributed by atoms with Crippen LogP contribution in [0.4, 0.5) is 0 Å². The van der Waals surface area contributed by atoms with Crippen LogP contribution in [0.25, 0.3) is 0 Å². The standard InChI is InChI=1S/C19H26N4O/c1-12-6-5-7-16(13(12)2)14(3)22-19(24)18-10-20-9-17(18)15-8-21-23(4)11-15/h5-8,11,14,17-18,20H,9-10H2,1-4H3,(H,22,24)/t14?,17-,18+/m1/s1. The molecule has 128 valence electrons. The number of aryl methyl sites for hydroxylation is 2. The van der Waals surface area contributed by atoms with E-state index in [2.05, 4.69) is 54.7 Å². The first-order valence-electron chi connectivity index (χ1n) is 8.53. The minimum Gasteiger partial charge on any atom is -0.349 e. The van der Waals surface area contributed by atoms with Crippen molar-refractivity contribution in [2.75, 3.05) is 13.1 Å². The predicted octanol–water partition coefficient (Wildman–Crippen LogP) is 2.22. The van der Waals surface area contributed by atoms with Gasteiger partial charge in [-0.15, -0.1) is 0 Å². The predicted molar refractivity (Wildman–Crippen MR) is 94.8 cm³/mol. The quantitative estimate of drug-likeness (QED) is 0.906. The molecule has 1 amide bonds. The average molecular weight is 326 g/mol. The summed E-state index contributed by atoms with van der Waals surface area (Å²) in [5.41, 5.74) is 4.82. The Labute approximate surface area is 143 Å². The summed E-state index contributed by atoms with van der Waals surface area (Å²) in [6.45, 7) is 7.81. The van der Waals surface area contributed by atoms with E-state index in [0.717, 1.165) is 12.1 Å². The van der Waals surface area contributed by atoms with E-state index in [1.54, 1.807) is 4.68 Å². The summed E-state index contributed by atoms with van der Waals surface area (Å²) < 4.78 is 1.79. The van der Waals surface area contributed by atoms with Gasteiger partial charge < -0.3 is 10.6 Å². The third kappa shape index (κ3) is 3.22. The van der Waals surface area contributed by atoms with Gasteiger partial charge in [-0.2, -0.15) is 5.10 Å². The van der Waals surface area contributed by atoms with Crippen molar-refractivity contribution in [2.24, 2.45) is 13.0 Å². The lowest BCUT2D eigenvalue weighted by Gasteiger charge is -2.22. The van der Waals surface area contributed by atoms with Gasteiger partial charge in [-0.1, -0.05) is 18.2 Å². The van der Waals surface area contributed by atoms with Crippen LogP contribution in [0.1, 0.15) is 41.1 Å². The van der Waals surface area contributed by atoms with Gasteiger partial charge >= 0.3 is 0 Å². The normalized spacial score (nSPS) is 21.7. The number of nitrogens with one attached hydrogen (secondary N) is 2. The fraction of sp³-hybridized carbons (Fsp3) is 0.474. The number of hydrogen-bond donors (Lipinski definition) is 2. The van der Waals surface area contributed by atoms with Gasteiger partial charge in [0.05, 0.1) is 18.2 Å². The molecular weight excluding hydrogens is 300 g/mol. The van der Waals surface area contributed by atoms with Crippen molar-refractivity contribution in [2.45, 2.75) is 32.7 Å². The van der Waals surface area contributed by atoms with Crippen LogP contribution in [0.5, 0.6) is 0 Å². The molecule has 3 atom stereocenters. The molecule has 2 aromatic rings. The van der Waals surface area contributed by atoms with Gasteiger partial charge in [0.2, 0.25) is 5.91 Å². The first-order valence-corrected chi connectivity index (χ1v) is 8.53. The highest BCUT2D eigenvalue weighted by atomic mass is 16.2. The van der Waals surface area contributed by atoms with Crippen LogP contribution in [0, 0.1) is 19.8 Å². The van der Waals surface area contributed by atoms with E-state index < -0.39 is 0 Å². The van der Waals surface area contributed by atoms with Crippen LogP contribution in [0.15, 0.2) is 30.6 Å². The van der Waals surface area contributed by atoms with Crippen molar-refractivity contribution in [3.05, 3.63) is 52.8 Å². The van der Waals surface area contributed by atoms with E-state index in [0.29, 0.717) is 6.54 Å². The lowest BCUT2D eigenvalue weighted by Crippen LogP contribution is -2.36. The average Bonchev–Trinajstić information content (AvgIpc) is 3.18. The van der Waals surface area contributed by atoms with E-state index in [-0.39, 0.29) is 23.8 Å². The second-order valence-electron chi connectivity index (χ2n) is 6.84. The maximum absolute atomic E-state index is 12.8. The third-order valence-corrected chi connectivity index (χ3v) is 5.18. The molecule has 1 aliphatic rings. The van der Waals surface area contributed by atoms with Crippen LogP contribution in [0.2, 0.25) is 0 Å². The lowest BCUT2D eigenvalue weighted by atomic mass is 9.89. The summed E-state index contributed by atoms with van der Waals surface area (Å²) in [4.78, 5) is 12.8. The number of carbonyl (C=O) groups is 1. The Morgan fingerprint density at radius 1 is 1.38 bits per heavy atom. The maximum atomic E-state index is 12.8. The SMILES string of the molecule is Cc1cccc(C(C)NC(=O)[C@H]2CNC[C@@H]2c2cnn(C)c2)c1C. The van der Waals surface area contributed by atoms with Gasteiger partial charge in [-0.05, 0) is 43.0 Å². The van der Waals surface area contributed by atoms with E-state index in [9.17, 15) is 4.79 Å². The summed E-state index contributed by atoms with van der Waals surface area (Å²) in [7, 11) is 1.91. The zero-order valence-electron chi connectivity index (χ0n) is 14.8. The molecule has 0 saturated carbocycles. The first-order chi connectivity index (χ1) is 11.5. The van der Waals surface area contributed by atoms with E-state index >= 15 is 0 Å². The first kappa shape index (κ1) is 16.7. The zero-order valence-corrected chi connectivity index (χ0v) is 14.8. The molecule has 24 heavy (non-hydrogen) atoms. The Morgan fingerprint density at radius 2 is 2.17 bits per heavy atom. The number of nitrogens with zero attached hydrogens (tertiary/aromatic N) is 2. The van der Waals surface area contributed by atoms with Crippen LogP contribution < -0.4 is 10.6 Å². The van der Waals surface area contributed by atoms with Gasteiger partial charge in [0, 0.05) is 32.3 Å². The van der Waals surface area contributed by atoms with Crippen molar-refractivity contribution in [3.63, 3.8) is 0 Å². The van der Waals surface area contributed by atoms with Crippen molar-refractivity contribution in [3.8, 4) is 0 Å². The van der Waals surface area contributed by atoms with E-state index in [1.807, 2.05) is 19.4 Å². The van der Waals surface area contributed by atoms with Gasteiger partial charge in [0.1, 0.15) is 0 Å². The summed E-state index contributed by atoms with van der Waals surface area (Å²) in [6, 6.07) is 6.26. The van der Waals surface area contributed by atoms with Crippen molar-refractivity contribution < 1.29 is 4.79 Å². The van der Waals surface area contributed by atoms with Crippen molar-refractivity contribution >= 4 is 5.91 Å².